The third kappa shape index (κ3) is 2.35. The average Bonchev–Trinajstić information content (AvgIpc) is 3.38. The molecule has 0 N–H and O–H groups in total. The molecule has 0 fully saturated rings. The highest BCUT2D eigenvalue weighted by Crippen LogP contribution is 2.42. The lowest BCUT2D eigenvalue weighted by molar-refractivity contribution is 0.890. The molecule has 2 heterocycles. The number of fused-ring (bicyclic) bond motifs is 7. The molecule has 1 aliphatic carbocycles. The number of hydrogen-bond donors (Lipinski definition) is 0. The molecular weight excluding hydrogens is 388 g/mol. The van der Waals surface area contributed by atoms with Crippen molar-refractivity contribution in [3.8, 4) is 11.4 Å². The van der Waals surface area contributed by atoms with Crippen molar-refractivity contribution in [1.82, 2.24) is 9.13 Å². The quantitative estimate of drug-likeness (QED) is 0.277. The first-order valence-corrected chi connectivity index (χ1v) is 11.3. The molecule has 0 aliphatic heterocycles. The van der Waals surface area contributed by atoms with Crippen LogP contribution in [0.2, 0.25) is 0 Å². The van der Waals surface area contributed by atoms with Crippen LogP contribution < -0.4 is 0 Å². The topological polar surface area (TPSA) is 9.86 Å². The molecule has 0 bridgehead atoms. The summed E-state index contributed by atoms with van der Waals surface area (Å²) in [6.07, 6.45) is 6.79. The lowest BCUT2D eigenvalue weighted by Gasteiger charge is -2.13. The van der Waals surface area contributed by atoms with Crippen molar-refractivity contribution >= 4 is 38.8 Å². The Balaban J connectivity index is 1.74. The summed E-state index contributed by atoms with van der Waals surface area (Å²) in [7, 11) is 0. The van der Waals surface area contributed by atoms with Crippen molar-refractivity contribution < 1.29 is 0 Å². The molecule has 32 heavy (non-hydrogen) atoms. The zero-order valence-electron chi connectivity index (χ0n) is 17.7. The maximum absolute atomic E-state index is 2.51. The van der Waals surface area contributed by atoms with E-state index in [1.54, 1.807) is 0 Å². The van der Waals surface area contributed by atoms with Crippen LogP contribution in [-0.2, 0) is 6.42 Å². The minimum Gasteiger partial charge on any atom is -0.312 e. The molecule has 0 saturated carbocycles. The summed E-state index contributed by atoms with van der Waals surface area (Å²) < 4.78 is 4.92. The Kier molecular flexibility index (Phi) is 3.71. The van der Waals surface area contributed by atoms with Crippen molar-refractivity contribution in [1.29, 1.82) is 0 Å². The highest BCUT2D eigenvalue weighted by Gasteiger charge is 2.23. The molecular formula is C30H22N2. The fraction of sp³-hybridized carbons (Fsp3) is 0.0667. The lowest BCUT2D eigenvalue weighted by atomic mass is 10.0. The Bertz CT molecular complexity index is 1650. The fourth-order valence-corrected chi connectivity index (χ4v) is 5.47. The molecule has 1 aliphatic rings. The van der Waals surface area contributed by atoms with E-state index in [1.807, 2.05) is 0 Å². The zero-order valence-corrected chi connectivity index (χ0v) is 17.7. The first kappa shape index (κ1) is 17.6. The van der Waals surface area contributed by atoms with E-state index in [2.05, 4.69) is 118 Å². The van der Waals surface area contributed by atoms with E-state index in [0.717, 1.165) is 12.8 Å². The predicted octanol–water partition coefficient (Wildman–Crippen LogP) is 7.69. The van der Waals surface area contributed by atoms with Gasteiger partial charge in [-0.15, -0.1) is 0 Å². The molecule has 0 spiro atoms. The van der Waals surface area contributed by atoms with Crippen LogP contribution in [0.5, 0.6) is 0 Å². The Morgan fingerprint density at radius 3 is 2.03 bits per heavy atom. The van der Waals surface area contributed by atoms with Gasteiger partial charge in [0.25, 0.3) is 0 Å². The molecule has 6 aromatic rings. The third-order valence-corrected chi connectivity index (χ3v) is 6.77. The van der Waals surface area contributed by atoms with Gasteiger partial charge in [0.2, 0.25) is 0 Å². The fourth-order valence-electron chi connectivity index (χ4n) is 5.47. The lowest BCUT2D eigenvalue weighted by Crippen LogP contribution is -2.02. The second-order valence-electron chi connectivity index (χ2n) is 8.52. The largest absolute Gasteiger partial charge is 0.312 e. The van der Waals surface area contributed by atoms with Crippen molar-refractivity contribution in [2.75, 3.05) is 0 Å². The van der Waals surface area contributed by atoms with Crippen LogP contribution in [0.1, 0.15) is 17.7 Å². The van der Waals surface area contributed by atoms with Gasteiger partial charge in [-0.05, 0) is 49.2 Å². The normalized spacial score (nSPS) is 13.2. The van der Waals surface area contributed by atoms with E-state index < -0.39 is 0 Å². The number of aromatic nitrogens is 2. The minimum absolute atomic E-state index is 1.06. The van der Waals surface area contributed by atoms with Crippen molar-refractivity contribution in [3.05, 3.63) is 114 Å². The Morgan fingerprint density at radius 1 is 0.562 bits per heavy atom. The summed E-state index contributed by atoms with van der Waals surface area (Å²) in [5.41, 5.74) is 9.03. The molecule has 2 aromatic heterocycles. The van der Waals surface area contributed by atoms with Gasteiger partial charge in [-0.2, -0.15) is 0 Å². The summed E-state index contributed by atoms with van der Waals surface area (Å²) in [5.74, 6) is 0. The van der Waals surface area contributed by atoms with Crippen LogP contribution in [0.3, 0.4) is 0 Å². The van der Waals surface area contributed by atoms with Gasteiger partial charge in [-0.1, -0.05) is 72.8 Å². The standard InChI is InChI=1S/C30H22N2/c1-3-11-21(12-4-1)31-27-18-10-8-16-25(27)29-28(31)20-19-24-23-15-7-9-17-26(23)32(30(24)29)22-13-5-2-6-14-22/h1-8,10-16,18-20H,9,17H2. The summed E-state index contributed by atoms with van der Waals surface area (Å²) >= 11 is 0. The molecule has 0 saturated heterocycles. The number of nitrogens with zero attached hydrogens (tertiary/aromatic N) is 2. The predicted molar refractivity (Wildman–Crippen MR) is 135 cm³/mol. The molecule has 0 unspecified atom stereocenters. The van der Waals surface area contributed by atoms with Crippen LogP contribution in [0.25, 0.3) is 50.2 Å². The molecule has 0 atom stereocenters. The number of hydrogen-bond acceptors (Lipinski definition) is 0. The van der Waals surface area contributed by atoms with Gasteiger partial charge in [0.1, 0.15) is 0 Å². The number of rotatable bonds is 2. The molecule has 152 valence electrons. The number of benzene rings is 4. The second-order valence-corrected chi connectivity index (χ2v) is 8.52. The van der Waals surface area contributed by atoms with E-state index in [0.29, 0.717) is 0 Å². The van der Waals surface area contributed by atoms with Crippen LogP contribution in [-0.4, -0.2) is 9.13 Å². The molecule has 4 aromatic carbocycles. The highest BCUT2D eigenvalue weighted by atomic mass is 15.0. The van der Waals surface area contributed by atoms with Gasteiger partial charge < -0.3 is 9.13 Å². The Hall–Kier alpha value is -4.04. The van der Waals surface area contributed by atoms with E-state index in [-0.39, 0.29) is 0 Å². The minimum atomic E-state index is 1.06. The smallest absolute Gasteiger partial charge is 0.0638 e. The zero-order chi connectivity index (χ0) is 21.1. The van der Waals surface area contributed by atoms with Crippen LogP contribution in [0.15, 0.2) is 103 Å². The van der Waals surface area contributed by atoms with Crippen molar-refractivity contribution in [3.63, 3.8) is 0 Å². The van der Waals surface area contributed by atoms with Gasteiger partial charge in [-0.3, -0.25) is 0 Å². The Labute approximate surface area is 186 Å². The maximum atomic E-state index is 2.51. The summed E-state index contributed by atoms with van der Waals surface area (Å²) in [6, 6.07) is 35.0. The highest BCUT2D eigenvalue weighted by molar-refractivity contribution is 6.22. The van der Waals surface area contributed by atoms with Crippen LogP contribution >= 0.6 is 0 Å². The third-order valence-electron chi connectivity index (χ3n) is 6.77. The van der Waals surface area contributed by atoms with Gasteiger partial charge in [0.05, 0.1) is 16.6 Å². The average molecular weight is 411 g/mol. The monoisotopic (exact) mass is 410 g/mol. The maximum Gasteiger partial charge on any atom is 0.0638 e. The molecule has 2 heteroatoms. The first-order valence-electron chi connectivity index (χ1n) is 11.3. The van der Waals surface area contributed by atoms with Crippen LogP contribution in [0, 0.1) is 0 Å². The SMILES string of the molecule is C1=Cc2c(n(-c3ccccc3)c3c2ccc2c3c3ccccc3n2-c2ccccc2)CC1. The number of para-hydroxylation sites is 3. The number of allylic oxidation sites excluding steroid dienone is 1. The molecule has 0 radical (unpaired) electrons. The van der Waals surface area contributed by atoms with Crippen LogP contribution in [0.4, 0.5) is 0 Å². The summed E-state index contributed by atoms with van der Waals surface area (Å²) in [4.78, 5) is 0. The summed E-state index contributed by atoms with van der Waals surface area (Å²) in [5, 5.41) is 3.96. The van der Waals surface area contributed by atoms with Crippen molar-refractivity contribution in [2.24, 2.45) is 0 Å². The first-order chi connectivity index (χ1) is 15.9. The van der Waals surface area contributed by atoms with E-state index in [1.165, 1.54) is 55.3 Å². The molecule has 7 rings (SSSR count). The van der Waals surface area contributed by atoms with Gasteiger partial charge in [0.15, 0.2) is 0 Å². The van der Waals surface area contributed by atoms with E-state index in [4.69, 9.17) is 0 Å². The van der Waals surface area contributed by atoms with Gasteiger partial charge in [0, 0.05) is 38.8 Å². The molecule has 2 nitrogen and oxygen atoms in total. The Morgan fingerprint density at radius 2 is 1.25 bits per heavy atom. The second kappa shape index (κ2) is 6.73. The van der Waals surface area contributed by atoms with E-state index in [9.17, 15) is 0 Å². The molecule has 0 amide bonds. The summed E-state index contributed by atoms with van der Waals surface area (Å²) in [6.45, 7) is 0. The van der Waals surface area contributed by atoms with E-state index >= 15 is 0 Å². The van der Waals surface area contributed by atoms with Gasteiger partial charge >= 0.3 is 0 Å². The van der Waals surface area contributed by atoms with Gasteiger partial charge in [-0.25, -0.2) is 0 Å². The van der Waals surface area contributed by atoms with Crippen molar-refractivity contribution in [2.45, 2.75) is 12.8 Å².